The highest BCUT2D eigenvalue weighted by Crippen LogP contribution is 2.23. The average molecular weight is 375 g/mol. The summed E-state index contributed by atoms with van der Waals surface area (Å²) >= 11 is 0. The number of guanidine groups is 1. The van der Waals surface area contributed by atoms with Crippen LogP contribution in [0.25, 0.3) is 0 Å². The van der Waals surface area contributed by atoms with Gasteiger partial charge in [0, 0.05) is 18.3 Å². The average Bonchev–Trinajstić information content (AvgIpc) is 3.06. The zero-order valence-electron chi connectivity index (χ0n) is 15.2. The van der Waals surface area contributed by atoms with Crippen LogP contribution in [0.1, 0.15) is 17.7 Å². The number of aromatic amines is 1. The maximum atomic E-state index is 9.05. The highest BCUT2D eigenvalue weighted by Gasteiger charge is 2.09. The number of aliphatic imine (C=N–C) groups is 1. The number of benzene rings is 2. The Morgan fingerprint density at radius 2 is 1.96 bits per heavy atom. The minimum atomic E-state index is 0.222. The van der Waals surface area contributed by atoms with E-state index in [0.29, 0.717) is 42.4 Å². The number of rotatable bonds is 7. The minimum Gasteiger partial charge on any atom is -0.457 e. The molecule has 0 spiro atoms. The molecule has 1 heterocycles. The number of aryl methyl sites for hydroxylation is 1. The first-order valence-corrected chi connectivity index (χ1v) is 8.78. The molecule has 28 heavy (non-hydrogen) atoms. The van der Waals surface area contributed by atoms with Gasteiger partial charge in [0.05, 0.1) is 5.69 Å². The van der Waals surface area contributed by atoms with Gasteiger partial charge in [-0.05, 0) is 37.1 Å². The summed E-state index contributed by atoms with van der Waals surface area (Å²) in [4.78, 5) is 4.30. The van der Waals surface area contributed by atoms with Crippen molar-refractivity contribution in [1.29, 1.82) is 5.26 Å². The van der Waals surface area contributed by atoms with Gasteiger partial charge < -0.3 is 21.5 Å². The van der Waals surface area contributed by atoms with E-state index in [1.807, 2.05) is 60.7 Å². The first kappa shape index (κ1) is 18.8. The molecule has 0 radical (unpaired) electrons. The minimum absolute atomic E-state index is 0.222. The third kappa shape index (κ3) is 5.02. The number of anilines is 2. The monoisotopic (exact) mass is 375 g/mol. The lowest BCUT2D eigenvalue weighted by Crippen LogP contribution is -2.22. The van der Waals surface area contributed by atoms with Gasteiger partial charge in [-0.15, -0.1) is 0 Å². The largest absolute Gasteiger partial charge is 0.457 e. The van der Waals surface area contributed by atoms with Gasteiger partial charge in [0.25, 0.3) is 0 Å². The van der Waals surface area contributed by atoms with Crippen molar-refractivity contribution < 1.29 is 4.74 Å². The number of nitrogens with one attached hydrogen (secondary N) is 2. The van der Waals surface area contributed by atoms with Gasteiger partial charge in [-0.2, -0.15) is 10.4 Å². The number of para-hydroxylation sites is 1. The van der Waals surface area contributed by atoms with E-state index < -0.39 is 0 Å². The second kappa shape index (κ2) is 9.09. The van der Waals surface area contributed by atoms with Crippen LogP contribution in [0.15, 0.2) is 59.6 Å². The molecular formula is C20H21N7O. The Morgan fingerprint density at radius 1 is 1.18 bits per heavy atom. The lowest BCUT2D eigenvalue weighted by Gasteiger charge is -2.09. The van der Waals surface area contributed by atoms with Gasteiger partial charge >= 0.3 is 0 Å². The first-order chi connectivity index (χ1) is 13.7. The van der Waals surface area contributed by atoms with Crippen molar-refractivity contribution in [3.8, 4) is 17.6 Å². The van der Waals surface area contributed by atoms with Crippen LogP contribution in [0.2, 0.25) is 0 Å². The van der Waals surface area contributed by atoms with Gasteiger partial charge in [-0.25, -0.2) is 0 Å². The van der Waals surface area contributed by atoms with E-state index in [9.17, 15) is 0 Å². The third-order valence-corrected chi connectivity index (χ3v) is 3.93. The number of aromatic nitrogens is 2. The maximum absolute atomic E-state index is 9.05. The van der Waals surface area contributed by atoms with E-state index in [4.69, 9.17) is 21.5 Å². The Morgan fingerprint density at radius 3 is 2.75 bits per heavy atom. The molecule has 142 valence electrons. The Bertz CT molecular complexity index is 989. The number of H-pyrrole nitrogens is 1. The number of hydrogen-bond donors (Lipinski definition) is 4. The second-order valence-corrected chi connectivity index (χ2v) is 6.01. The number of nitriles is 1. The number of nitrogens with two attached hydrogens (primary N) is 2. The first-order valence-electron chi connectivity index (χ1n) is 8.78. The molecule has 0 unspecified atom stereocenters. The van der Waals surface area contributed by atoms with Gasteiger partial charge in [0.2, 0.25) is 0 Å². The molecule has 0 atom stereocenters. The van der Waals surface area contributed by atoms with E-state index in [0.717, 1.165) is 11.4 Å². The zero-order valence-corrected chi connectivity index (χ0v) is 15.2. The lowest BCUT2D eigenvalue weighted by atomic mass is 10.1. The quantitative estimate of drug-likeness (QED) is 0.284. The van der Waals surface area contributed by atoms with Crippen LogP contribution in [0.4, 0.5) is 11.5 Å². The molecule has 6 N–H and O–H groups in total. The summed E-state index contributed by atoms with van der Waals surface area (Å²) in [7, 11) is 0. The van der Waals surface area contributed by atoms with Crippen molar-refractivity contribution >= 4 is 17.5 Å². The molecule has 0 fully saturated rings. The van der Waals surface area contributed by atoms with E-state index in [-0.39, 0.29) is 5.82 Å². The van der Waals surface area contributed by atoms with Crippen LogP contribution in [-0.2, 0) is 6.42 Å². The summed E-state index contributed by atoms with van der Waals surface area (Å²) < 4.78 is 5.81. The van der Waals surface area contributed by atoms with Crippen molar-refractivity contribution in [1.82, 2.24) is 10.2 Å². The van der Waals surface area contributed by atoms with Crippen LogP contribution in [0.3, 0.4) is 0 Å². The van der Waals surface area contributed by atoms with E-state index in [1.165, 1.54) is 0 Å². The Labute approximate surface area is 162 Å². The van der Waals surface area contributed by atoms with Gasteiger partial charge in [-0.1, -0.05) is 24.3 Å². The van der Waals surface area contributed by atoms with Gasteiger partial charge in [0.1, 0.15) is 23.1 Å². The molecule has 0 aliphatic heterocycles. The summed E-state index contributed by atoms with van der Waals surface area (Å²) in [5.74, 6) is 1.99. The molecule has 3 rings (SSSR count). The standard InChI is InChI=1S/C20H21N7O/c21-13-17-18(26-27-19(17)22)10-5-11-24-20(23)25-14-6-4-9-16(12-14)28-15-7-2-1-3-8-15/h1-4,6-9,12H,5,10-11H2,(H3,22,26,27)(H3,23,24,25). The fourth-order valence-corrected chi connectivity index (χ4v) is 2.60. The molecule has 1 aromatic heterocycles. The van der Waals surface area contributed by atoms with E-state index >= 15 is 0 Å². The van der Waals surface area contributed by atoms with E-state index in [2.05, 4.69) is 20.5 Å². The van der Waals surface area contributed by atoms with Gasteiger partial charge in [0.15, 0.2) is 11.8 Å². The number of hydrogen-bond acceptors (Lipinski definition) is 5. The van der Waals surface area contributed by atoms with Crippen molar-refractivity contribution in [3.63, 3.8) is 0 Å². The Kier molecular flexibility index (Phi) is 6.10. The van der Waals surface area contributed by atoms with Crippen LogP contribution in [0, 0.1) is 11.3 Å². The molecule has 0 bridgehead atoms. The molecule has 0 aliphatic rings. The molecule has 8 heteroatoms. The van der Waals surface area contributed by atoms with Crippen LogP contribution >= 0.6 is 0 Å². The zero-order chi connectivity index (χ0) is 19.8. The molecule has 0 aliphatic carbocycles. The van der Waals surface area contributed by atoms with Crippen LogP contribution < -0.4 is 21.5 Å². The molecule has 2 aromatic carbocycles. The van der Waals surface area contributed by atoms with Crippen molar-refractivity contribution in [3.05, 3.63) is 65.9 Å². The summed E-state index contributed by atoms with van der Waals surface area (Å²) in [6, 6.07) is 19.1. The van der Waals surface area contributed by atoms with E-state index in [1.54, 1.807) is 0 Å². The normalized spacial score (nSPS) is 11.0. The van der Waals surface area contributed by atoms with Crippen molar-refractivity contribution in [2.24, 2.45) is 10.7 Å². The number of nitrogens with zero attached hydrogens (tertiary/aromatic N) is 3. The molecule has 3 aromatic rings. The Hall–Kier alpha value is -3.99. The lowest BCUT2D eigenvalue weighted by molar-refractivity contribution is 0.483. The molecule has 0 amide bonds. The Balaban J connectivity index is 1.52. The summed E-state index contributed by atoms with van der Waals surface area (Å²) in [5.41, 5.74) is 13.5. The van der Waals surface area contributed by atoms with Crippen molar-refractivity contribution in [2.75, 3.05) is 17.6 Å². The van der Waals surface area contributed by atoms with Crippen LogP contribution in [-0.4, -0.2) is 22.7 Å². The molecule has 0 saturated heterocycles. The fraction of sp³-hybridized carbons (Fsp3) is 0.150. The SMILES string of the molecule is N#Cc1c(N)n[nH]c1CCCN=C(N)Nc1cccc(Oc2ccccc2)c1. The summed E-state index contributed by atoms with van der Waals surface area (Å²) in [6.07, 6.45) is 1.32. The predicted molar refractivity (Wildman–Crippen MR) is 109 cm³/mol. The highest BCUT2D eigenvalue weighted by atomic mass is 16.5. The topological polar surface area (TPSA) is 138 Å². The molecular weight excluding hydrogens is 354 g/mol. The molecule has 0 saturated carbocycles. The van der Waals surface area contributed by atoms with Crippen molar-refractivity contribution in [2.45, 2.75) is 12.8 Å². The fourth-order valence-electron chi connectivity index (χ4n) is 2.60. The number of ether oxygens (including phenoxy) is 1. The third-order valence-electron chi connectivity index (χ3n) is 3.93. The van der Waals surface area contributed by atoms with Gasteiger partial charge in [-0.3, -0.25) is 10.1 Å². The second-order valence-electron chi connectivity index (χ2n) is 6.01. The predicted octanol–water partition coefficient (Wildman–Crippen LogP) is 3.02. The highest BCUT2D eigenvalue weighted by molar-refractivity contribution is 5.92. The molecule has 8 nitrogen and oxygen atoms in total. The van der Waals surface area contributed by atoms with Crippen LogP contribution in [0.5, 0.6) is 11.5 Å². The maximum Gasteiger partial charge on any atom is 0.193 e. The summed E-state index contributed by atoms with van der Waals surface area (Å²) in [5, 5.41) is 18.7. The smallest absolute Gasteiger partial charge is 0.193 e. The number of nitrogen functional groups attached to an aromatic ring is 1. The summed E-state index contributed by atoms with van der Waals surface area (Å²) in [6.45, 7) is 0.503.